The van der Waals surface area contributed by atoms with Crippen LogP contribution in [0, 0.1) is 5.82 Å². The molecule has 1 N–H and O–H groups in total. The molecule has 100 valence electrons. The van der Waals surface area contributed by atoms with Gasteiger partial charge in [-0.25, -0.2) is 4.39 Å². The molecular weight excluding hydrogens is 263 g/mol. The Morgan fingerprint density at radius 1 is 1.11 bits per heavy atom. The lowest BCUT2D eigenvalue weighted by Gasteiger charge is -2.13. The summed E-state index contributed by atoms with van der Waals surface area (Å²) in [5.74, 6) is -0.298. The van der Waals surface area contributed by atoms with E-state index < -0.39 is 11.9 Å². The van der Waals surface area contributed by atoms with E-state index >= 15 is 0 Å². The number of aliphatic hydroxyl groups is 1. The number of aliphatic hydroxyl groups excluding tert-OH is 1. The second-order valence-corrected chi connectivity index (χ2v) is 4.95. The SMILES string of the molecule is COc1ccc(C(O)c2ccc(SC)cc2)cc1F. The van der Waals surface area contributed by atoms with E-state index in [2.05, 4.69) is 0 Å². The first-order valence-corrected chi connectivity index (χ1v) is 7.03. The van der Waals surface area contributed by atoms with Gasteiger partial charge in [-0.15, -0.1) is 11.8 Å². The summed E-state index contributed by atoms with van der Waals surface area (Å²) in [5.41, 5.74) is 1.25. The Morgan fingerprint density at radius 2 is 1.74 bits per heavy atom. The van der Waals surface area contributed by atoms with Crippen molar-refractivity contribution in [3.05, 3.63) is 59.4 Å². The quantitative estimate of drug-likeness (QED) is 0.866. The third kappa shape index (κ3) is 3.08. The fourth-order valence-electron chi connectivity index (χ4n) is 1.83. The van der Waals surface area contributed by atoms with E-state index in [1.807, 2.05) is 30.5 Å². The summed E-state index contributed by atoms with van der Waals surface area (Å²) >= 11 is 1.63. The monoisotopic (exact) mass is 278 g/mol. The number of ether oxygens (including phenoxy) is 1. The predicted octanol–water partition coefficient (Wildman–Crippen LogP) is 3.64. The van der Waals surface area contributed by atoms with Gasteiger partial charge in [0.1, 0.15) is 6.10 Å². The third-order valence-electron chi connectivity index (χ3n) is 2.92. The maximum atomic E-state index is 13.6. The van der Waals surface area contributed by atoms with Gasteiger partial charge in [-0.05, 0) is 41.6 Å². The largest absolute Gasteiger partial charge is 0.494 e. The van der Waals surface area contributed by atoms with E-state index in [-0.39, 0.29) is 5.75 Å². The van der Waals surface area contributed by atoms with Crippen molar-refractivity contribution in [2.75, 3.05) is 13.4 Å². The molecule has 0 aliphatic carbocycles. The molecule has 0 heterocycles. The molecule has 0 aliphatic rings. The highest BCUT2D eigenvalue weighted by Gasteiger charge is 2.13. The van der Waals surface area contributed by atoms with Crippen LogP contribution in [0.25, 0.3) is 0 Å². The first-order valence-electron chi connectivity index (χ1n) is 5.81. The molecule has 19 heavy (non-hydrogen) atoms. The smallest absolute Gasteiger partial charge is 0.165 e. The van der Waals surface area contributed by atoms with E-state index in [0.717, 1.165) is 10.5 Å². The maximum Gasteiger partial charge on any atom is 0.165 e. The van der Waals surface area contributed by atoms with Crippen molar-refractivity contribution in [2.24, 2.45) is 0 Å². The average molecular weight is 278 g/mol. The maximum absolute atomic E-state index is 13.6. The zero-order valence-corrected chi connectivity index (χ0v) is 11.6. The van der Waals surface area contributed by atoms with Gasteiger partial charge in [0.2, 0.25) is 0 Å². The van der Waals surface area contributed by atoms with Crippen LogP contribution in [0.1, 0.15) is 17.2 Å². The molecule has 0 saturated carbocycles. The van der Waals surface area contributed by atoms with Crippen LogP contribution in [0.5, 0.6) is 5.75 Å². The van der Waals surface area contributed by atoms with Gasteiger partial charge in [-0.3, -0.25) is 0 Å². The van der Waals surface area contributed by atoms with Crippen LogP contribution in [-0.2, 0) is 0 Å². The molecule has 0 aromatic heterocycles. The number of methoxy groups -OCH3 is 1. The van der Waals surface area contributed by atoms with Crippen molar-refractivity contribution >= 4 is 11.8 Å². The van der Waals surface area contributed by atoms with Crippen LogP contribution >= 0.6 is 11.8 Å². The zero-order valence-electron chi connectivity index (χ0n) is 10.8. The molecule has 0 spiro atoms. The number of rotatable bonds is 4. The number of hydrogen-bond acceptors (Lipinski definition) is 3. The highest BCUT2D eigenvalue weighted by atomic mass is 32.2. The van der Waals surface area contributed by atoms with Crippen LogP contribution in [-0.4, -0.2) is 18.5 Å². The van der Waals surface area contributed by atoms with Crippen molar-refractivity contribution < 1.29 is 14.2 Å². The van der Waals surface area contributed by atoms with E-state index in [0.29, 0.717) is 5.56 Å². The molecule has 2 nitrogen and oxygen atoms in total. The summed E-state index contributed by atoms with van der Waals surface area (Å²) in [4.78, 5) is 1.12. The van der Waals surface area contributed by atoms with Crippen LogP contribution in [0.3, 0.4) is 0 Å². The molecule has 1 atom stereocenters. The molecule has 2 aromatic rings. The number of halogens is 1. The lowest BCUT2D eigenvalue weighted by Crippen LogP contribution is -2.00. The van der Waals surface area contributed by atoms with Gasteiger partial charge >= 0.3 is 0 Å². The molecule has 1 unspecified atom stereocenters. The minimum Gasteiger partial charge on any atom is -0.494 e. The lowest BCUT2D eigenvalue weighted by molar-refractivity contribution is 0.219. The first kappa shape index (κ1) is 13.9. The Kier molecular flexibility index (Phi) is 4.45. The summed E-state index contributed by atoms with van der Waals surface area (Å²) in [7, 11) is 1.41. The molecule has 2 rings (SSSR count). The van der Waals surface area contributed by atoms with Gasteiger partial charge < -0.3 is 9.84 Å². The predicted molar refractivity (Wildman–Crippen MR) is 75.2 cm³/mol. The molecule has 0 saturated heterocycles. The Hall–Kier alpha value is -1.52. The van der Waals surface area contributed by atoms with Gasteiger partial charge in [-0.2, -0.15) is 0 Å². The fraction of sp³-hybridized carbons (Fsp3) is 0.200. The van der Waals surface area contributed by atoms with Gasteiger partial charge in [0.25, 0.3) is 0 Å². The first-order chi connectivity index (χ1) is 9.15. The molecule has 0 radical (unpaired) electrons. The molecule has 0 bridgehead atoms. The van der Waals surface area contributed by atoms with Crippen molar-refractivity contribution in [1.82, 2.24) is 0 Å². The minimum atomic E-state index is -0.837. The third-order valence-corrected chi connectivity index (χ3v) is 3.67. The van der Waals surface area contributed by atoms with Crippen molar-refractivity contribution in [1.29, 1.82) is 0 Å². The second kappa shape index (κ2) is 6.08. The standard InChI is InChI=1S/C15H15FO2S/c1-18-14-8-5-11(9-13(14)16)15(17)10-3-6-12(19-2)7-4-10/h3-9,15,17H,1-2H3. The van der Waals surface area contributed by atoms with Crippen LogP contribution in [0.15, 0.2) is 47.4 Å². The lowest BCUT2D eigenvalue weighted by atomic mass is 10.0. The normalized spacial score (nSPS) is 12.2. The van der Waals surface area contributed by atoms with E-state index in [1.165, 1.54) is 19.2 Å². The van der Waals surface area contributed by atoms with Crippen LogP contribution < -0.4 is 4.74 Å². The number of hydrogen-bond donors (Lipinski definition) is 1. The second-order valence-electron chi connectivity index (χ2n) is 4.07. The summed E-state index contributed by atoms with van der Waals surface area (Å²) < 4.78 is 18.5. The Labute approximate surface area is 116 Å². The molecule has 0 amide bonds. The fourth-order valence-corrected chi connectivity index (χ4v) is 2.24. The zero-order chi connectivity index (χ0) is 13.8. The van der Waals surface area contributed by atoms with Gasteiger partial charge in [0.05, 0.1) is 7.11 Å². The Morgan fingerprint density at radius 3 is 2.26 bits per heavy atom. The van der Waals surface area contributed by atoms with Gasteiger partial charge in [-0.1, -0.05) is 18.2 Å². The van der Waals surface area contributed by atoms with E-state index in [4.69, 9.17) is 4.74 Å². The Balaban J connectivity index is 2.27. The highest BCUT2D eigenvalue weighted by Crippen LogP contribution is 2.27. The summed E-state index contributed by atoms with van der Waals surface area (Å²) in [5, 5.41) is 10.2. The van der Waals surface area contributed by atoms with Crippen molar-refractivity contribution in [3.8, 4) is 5.75 Å². The van der Waals surface area contributed by atoms with Crippen LogP contribution in [0.2, 0.25) is 0 Å². The number of benzene rings is 2. The topological polar surface area (TPSA) is 29.5 Å². The highest BCUT2D eigenvalue weighted by molar-refractivity contribution is 7.98. The molecule has 0 fully saturated rings. The summed E-state index contributed by atoms with van der Waals surface area (Å²) in [6, 6.07) is 12.0. The summed E-state index contributed by atoms with van der Waals surface area (Å²) in [6.07, 6.45) is 1.15. The van der Waals surface area contributed by atoms with Crippen molar-refractivity contribution in [3.63, 3.8) is 0 Å². The Bertz CT molecular complexity index is 555. The van der Waals surface area contributed by atoms with Crippen molar-refractivity contribution in [2.45, 2.75) is 11.0 Å². The van der Waals surface area contributed by atoms with Gasteiger partial charge in [0, 0.05) is 4.90 Å². The van der Waals surface area contributed by atoms with Crippen LogP contribution in [0.4, 0.5) is 4.39 Å². The average Bonchev–Trinajstić information content (AvgIpc) is 2.46. The van der Waals surface area contributed by atoms with E-state index in [1.54, 1.807) is 17.8 Å². The minimum absolute atomic E-state index is 0.175. The van der Waals surface area contributed by atoms with Gasteiger partial charge in [0.15, 0.2) is 11.6 Å². The molecular formula is C15H15FO2S. The number of thioether (sulfide) groups is 1. The molecule has 0 aliphatic heterocycles. The molecule has 2 aromatic carbocycles. The molecule has 4 heteroatoms. The summed E-state index contributed by atoms with van der Waals surface area (Å²) in [6.45, 7) is 0. The van der Waals surface area contributed by atoms with E-state index in [9.17, 15) is 9.50 Å².